The van der Waals surface area contributed by atoms with E-state index < -0.39 is 5.91 Å². The van der Waals surface area contributed by atoms with Gasteiger partial charge in [0.1, 0.15) is 0 Å². The van der Waals surface area contributed by atoms with Crippen molar-refractivity contribution in [2.24, 2.45) is 0 Å². The molecule has 0 aliphatic heterocycles. The highest BCUT2D eigenvalue weighted by atomic mass is 16.5. The monoisotopic (exact) mass is 283 g/mol. The zero-order chi connectivity index (χ0) is 14.8. The Morgan fingerprint density at radius 1 is 1.38 bits per heavy atom. The fraction of sp³-hybridized carbons (Fsp3) is 0.133. The third-order valence-electron chi connectivity index (χ3n) is 3.07. The number of hydrogen-bond acceptors (Lipinski definition) is 5. The van der Waals surface area contributed by atoms with Crippen LogP contribution >= 0.6 is 0 Å². The van der Waals surface area contributed by atoms with E-state index >= 15 is 0 Å². The van der Waals surface area contributed by atoms with Gasteiger partial charge in [0.2, 0.25) is 5.89 Å². The number of fused-ring (bicyclic) bond motifs is 1. The molecule has 2 aromatic heterocycles. The van der Waals surface area contributed by atoms with E-state index in [4.69, 9.17) is 9.62 Å². The second kappa shape index (κ2) is 5.34. The Balaban J connectivity index is 1.89. The maximum atomic E-state index is 11.4. The Morgan fingerprint density at radius 3 is 3.05 bits per heavy atom. The summed E-state index contributed by atoms with van der Waals surface area (Å²) < 4.78 is 5.66. The van der Waals surface area contributed by atoms with Gasteiger partial charge in [0.05, 0.1) is 0 Å². The Bertz CT molecular complexity index is 811. The van der Waals surface area contributed by atoms with Crippen LogP contribution in [0.5, 0.6) is 0 Å². The largest absolute Gasteiger partial charge is 0.439 e. The fourth-order valence-corrected chi connectivity index (χ4v) is 2.10. The summed E-state index contributed by atoms with van der Waals surface area (Å²) in [7, 11) is 0. The molecule has 6 nitrogen and oxygen atoms in total. The number of hydroxylamine groups is 1. The number of oxazole rings is 1. The van der Waals surface area contributed by atoms with Crippen LogP contribution in [-0.2, 0) is 6.42 Å². The maximum Gasteiger partial charge on any atom is 0.274 e. The predicted molar refractivity (Wildman–Crippen MR) is 75.0 cm³/mol. The van der Waals surface area contributed by atoms with Gasteiger partial charge in [0.25, 0.3) is 5.91 Å². The molecule has 6 heteroatoms. The van der Waals surface area contributed by atoms with Crippen molar-refractivity contribution in [1.29, 1.82) is 0 Å². The lowest BCUT2D eigenvalue weighted by atomic mass is 10.1. The van der Waals surface area contributed by atoms with Gasteiger partial charge in [-0.3, -0.25) is 10.0 Å². The average molecular weight is 283 g/mol. The van der Waals surface area contributed by atoms with Gasteiger partial charge in [-0.05, 0) is 36.2 Å². The molecular formula is C15H13N3O3. The summed E-state index contributed by atoms with van der Waals surface area (Å²) in [6.45, 7) is 1.94. The molecule has 0 radical (unpaired) electrons. The molecule has 0 bridgehead atoms. The minimum absolute atomic E-state index is 0.375. The molecule has 3 rings (SSSR count). The van der Waals surface area contributed by atoms with E-state index in [-0.39, 0.29) is 0 Å². The van der Waals surface area contributed by atoms with Crippen LogP contribution in [-0.4, -0.2) is 21.1 Å². The number of carbonyl (C=O) groups is 1. The highest BCUT2D eigenvalue weighted by molar-refractivity contribution is 5.93. The second-order valence-electron chi connectivity index (χ2n) is 4.76. The van der Waals surface area contributed by atoms with E-state index in [0.29, 0.717) is 29.1 Å². The molecule has 106 valence electrons. The minimum Gasteiger partial charge on any atom is -0.439 e. The van der Waals surface area contributed by atoms with Gasteiger partial charge in [-0.15, -0.1) is 0 Å². The highest BCUT2D eigenvalue weighted by Gasteiger charge is 2.10. The van der Waals surface area contributed by atoms with Gasteiger partial charge in [0, 0.05) is 18.2 Å². The molecule has 0 atom stereocenters. The molecule has 0 aliphatic carbocycles. The Kier molecular flexibility index (Phi) is 3.37. The van der Waals surface area contributed by atoms with Crippen molar-refractivity contribution in [2.75, 3.05) is 0 Å². The van der Waals surface area contributed by atoms with Crippen LogP contribution in [0.25, 0.3) is 11.2 Å². The lowest BCUT2D eigenvalue weighted by Crippen LogP contribution is -2.18. The molecule has 21 heavy (non-hydrogen) atoms. The van der Waals surface area contributed by atoms with E-state index in [1.165, 1.54) is 0 Å². The summed E-state index contributed by atoms with van der Waals surface area (Å²) in [5.41, 5.74) is 5.07. The maximum absolute atomic E-state index is 11.4. The number of nitrogens with zero attached hydrogens (tertiary/aromatic N) is 2. The van der Waals surface area contributed by atoms with E-state index in [0.717, 1.165) is 11.1 Å². The molecule has 0 saturated heterocycles. The molecule has 1 amide bonds. The summed E-state index contributed by atoms with van der Waals surface area (Å²) >= 11 is 0. The van der Waals surface area contributed by atoms with E-state index in [9.17, 15) is 4.79 Å². The Morgan fingerprint density at radius 2 is 2.24 bits per heavy atom. The number of benzene rings is 1. The van der Waals surface area contributed by atoms with Crippen LogP contribution in [0.3, 0.4) is 0 Å². The molecule has 1 aromatic carbocycles. The summed E-state index contributed by atoms with van der Waals surface area (Å²) in [5.74, 6) is -0.0173. The standard InChI is InChI=1S/C15H13N3O3/c1-9-5-12-14(16-8-9)17-13(21-12)7-10-3-2-4-11(6-10)15(19)18-20/h2-6,8,20H,7H2,1H3,(H,18,19). The zero-order valence-corrected chi connectivity index (χ0v) is 11.3. The number of aromatic nitrogens is 2. The number of pyridine rings is 1. The number of nitrogens with one attached hydrogen (secondary N) is 1. The normalized spacial score (nSPS) is 10.8. The zero-order valence-electron chi connectivity index (χ0n) is 11.3. The molecule has 0 unspecified atom stereocenters. The predicted octanol–water partition coefficient (Wildman–Crippen LogP) is 2.24. The first-order valence-electron chi connectivity index (χ1n) is 6.41. The third kappa shape index (κ3) is 2.75. The number of carbonyl (C=O) groups excluding carboxylic acids is 1. The van der Waals surface area contributed by atoms with Crippen LogP contribution in [0.15, 0.2) is 40.9 Å². The summed E-state index contributed by atoms with van der Waals surface area (Å²) in [5, 5.41) is 8.65. The minimum atomic E-state index is -0.549. The molecule has 0 saturated carbocycles. The fourth-order valence-electron chi connectivity index (χ4n) is 2.10. The number of amides is 1. The number of rotatable bonds is 3. The first kappa shape index (κ1) is 13.3. The van der Waals surface area contributed by atoms with Crippen LogP contribution in [0.1, 0.15) is 27.4 Å². The van der Waals surface area contributed by atoms with Crippen LogP contribution in [0.4, 0.5) is 0 Å². The number of aryl methyl sites for hydroxylation is 1. The lowest BCUT2D eigenvalue weighted by Gasteiger charge is -2.01. The van der Waals surface area contributed by atoms with Crippen molar-refractivity contribution in [3.05, 3.63) is 59.1 Å². The van der Waals surface area contributed by atoms with Gasteiger partial charge in [-0.25, -0.2) is 10.5 Å². The van der Waals surface area contributed by atoms with Crippen LogP contribution in [0, 0.1) is 6.92 Å². The summed E-state index contributed by atoms with van der Waals surface area (Å²) in [6.07, 6.45) is 2.18. The smallest absolute Gasteiger partial charge is 0.274 e. The highest BCUT2D eigenvalue weighted by Crippen LogP contribution is 2.17. The van der Waals surface area contributed by atoms with Gasteiger partial charge in [-0.1, -0.05) is 12.1 Å². The van der Waals surface area contributed by atoms with E-state index in [2.05, 4.69) is 9.97 Å². The Labute approximate surface area is 120 Å². The van der Waals surface area contributed by atoms with Gasteiger partial charge in [0.15, 0.2) is 11.2 Å². The molecule has 0 aliphatic rings. The summed E-state index contributed by atoms with van der Waals surface area (Å²) in [4.78, 5) is 19.9. The first-order valence-corrected chi connectivity index (χ1v) is 6.41. The quantitative estimate of drug-likeness (QED) is 0.568. The summed E-state index contributed by atoms with van der Waals surface area (Å²) in [6, 6.07) is 8.78. The molecule has 2 N–H and O–H groups in total. The molecule has 2 heterocycles. The van der Waals surface area contributed by atoms with Crippen molar-refractivity contribution >= 4 is 17.1 Å². The molecule has 0 spiro atoms. The van der Waals surface area contributed by atoms with Crippen molar-refractivity contribution in [1.82, 2.24) is 15.4 Å². The van der Waals surface area contributed by atoms with Crippen molar-refractivity contribution < 1.29 is 14.4 Å². The SMILES string of the molecule is Cc1cnc2nc(Cc3cccc(C(=O)NO)c3)oc2c1. The third-order valence-corrected chi connectivity index (χ3v) is 3.07. The van der Waals surface area contributed by atoms with Gasteiger partial charge in [-0.2, -0.15) is 4.98 Å². The van der Waals surface area contributed by atoms with Crippen molar-refractivity contribution in [3.8, 4) is 0 Å². The number of hydrogen-bond donors (Lipinski definition) is 2. The Hall–Kier alpha value is -2.73. The van der Waals surface area contributed by atoms with Crippen LogP contribution < -0.4 is 5.48 Å². The van der Waals surface area contributed by atoms with Crippen molar-refractivity contribution in [3.63, 3.8) is 0 Å². The second-order valence-corrected chi connectivity index (χ2v) is 4.76. The lowest BCUT2D eigenvalue weighted by molar-refractivity contribution is 0.0706. The molecular weight excluding hydrogens is 270 g/mol. The molecule has 0 fully saturated rings. The topological polar surface area (TPSA) is 88.2 Å². The first-order chi connectivity index (χ1) is 10.2. The molecule has 3 aromatic rings. The van der Waals surface area contributed by atoms with Gasteiger partial charge < -0.3 is 4.42 Å². The van der Waals surface area contributed by atoms with E-state index in [1.54, 1.807) is 29.9 Å². The van der Waals surface area contributed by atoms with Crippen molar-refractivity contribution in [2.45, 2.75) is 13.3 Å². The average Bonchev–Trinajstić information content (AvgIpc) is 2.88. The van der Waals surface area contributed by atoms with Crippen LogP contribution in [0.2, 0.25) is 0 Å². The van der Waals surface area contributed by atoms with Gasteiger partial charge >= 0.3 is 0 Å². The van der Waals surface area contributed by atoms with E-state index in [1.807, 2.05) is 19.1 Å².